The predicted molar refractivity (Wildman–Crippen MR) is 66.2 cm³/mol. The molecule has 16 heavy (non-hydrogen) atoms. The van der Waals surface area contributed by atoms with E-state index >= 15 is 0 Å². The van der Waals surface area contributed by atoms with Gasteiger partial charge in [0.15, 0.2) is 0 Å². The third-order valence-corrected chi connectivity index (χ3v) is 3.36. The smallest absolute Gasteiger partial charge is 0.232 e. The molecule has 0 aliphatic rings. The van der Waals surface area contributed by atoms with E-state index in [1.54, 1.807) is 38.2 Å². The maximum absolute atomic E-state index is 11.3. The van der Waals surface area contributed by atoms with Crippen molar-refractivity contribution in [1.29, 1.82) is 0 Å². The van der Waals surface area contributed by atoms with Gasteiger partial charge >= 0.3 is 0 Å². The molecule has 1 aromatic carbocycles. The van der Waals surface area contributed by atoms with Gasteiger partial charge in [0.1, 0.15) is 5.84 Å². The fourth-order valence-electron chi connectivity index (χ4n) is 1.12. The number of anilines is 1. The summed E-state index contributed by atoms with van der Waals surface area (Å²) in [5, 5.41) is 0. The van der Waals surface area contributed by atoms with Crippen molar-refractivity contribution in [2.45, 2.75) is 6.92 Å². The van der Waals surface area contributed by atoms with E-state index in [9.17, 15) is 8.42 Å². The van der Waals surface area contributed by atoms with Gasteiger partial charge in [0.25, 0.3) is 0 Å². The lowest BCUT2D eigenvalue weighted by Crippen LogP contribution is -2.16. The second-order valence-electron chi connectivity index (χ2n) is 3.20. The summed E-state index contributed by atoms with van der Waals surface area (Å²) in [7, 11) is -1.67. The second kappa shape index (κ2) is 4.98. The first-order valence-electron chi connectivity index (χ1n) is 4.81. The van der Waals surface area contributed by atoms with E-state index in [0.717, 1.165) is 0 Å². The van der Waals surface area contributed by atoms with E-state index in [2.05, 4.69) is 9.71 Å². The normalized spacial score (nSPS) is 12.5. The fourth-order valence-corrected chi connectivity index (χ4v) is 1.75. The van der Waals surface area contributed by atoms with Gasteiger partial charge in [-0.1, -0.05) is 12.1 Å². The standard InChI is InChI=1S/C10H15N3O2S/c1-3-16(14,15)13-9-6-4-5-8(7-9)10(11)12-2/h4-7,13H,3H2,1-2H3,(H2,11,12). The molecule has 0 aliphatic carbocycles. The Morgan fingerprint density at radius 2 is 2.19 bits per heavy atom. The minimum Gasteiger partial charge on any atom is -0.384 e. The van der Waals surface area contributed by atoms with Crippen molar-refractivity contribution in [2.24, 2.45) is 10.7 Å². The number of nitrogens with one attached hydrogen (secondary N) is 1. The number of aliphatic imine (C=N–C) groups is 1. The highest BCUT2D eigenvalue weighted by Crippen LogP contribution is 2.12. The van der Waals surface area contributed by atoms with E-state index in [0.29, 0.717) is 17.1 Å². The van der Waals surface area contributed by atoms with E-state index < -0.39 is 10.0 Å². The van der Waals surface area contributed by atoms with E-state index in [1.807, 2.05) is 0 Å². The van der Waals surface area contributed by atoms with Gasteiger partial charge in [-0.15, -0.1) is 0 Å². The van der Waals surface area contributed by atoms with Crippen molar-refractivity contribution >= 4 is 21.5 Å². The summed E-state index contributed by atoms with van der Waals surface area (Å²) in [5.41, 5.74) is 6.82. The number of hydrogen-bond donors (Lipinski definition) is 2. The molecular formula is C10H15N3O2S. The van der Waals surface area contributed by atoms with E-state index in [1.165, 1.54) is 0 Å². The predicted octanol–water partition coefficient (Wildman–Crippen LogP) is 0.783. The highest BCUT2D eigenvalue weighted by molar-refractivity contribution is 7.92. The average Bonchev–Trinajstić information content (AvgIpc) is 2.28. The Kier molecular flexibility index (Phi) is 3.89. The number of nitrogens with two attached hydrogens (primary N) is 1. The molecule has 0 aliphatic heterocycles. The third-order valence-electron chi connectivity index (χ3n) is 2.05. The van der Waals surface area contributed by atoms with Crippen molar-refractivity contribution in [3.8, 4) is 0 Å². The van der Waals surface area contributed by atoms with Crippen molar-refractivity contribution in [1.82, 2.24) is 0 Å². The Labute approximate surface area is 95.4 Å². The van der Waals surface area contributed by atoms with Crippen molar-refractivity contribution < 1.29 is 8.42 Å². The molecule has 0 fully saturated rings. The summed E-state index contributed by atoms with van der Waals surface area (Å²) in [6.07, 6.45) is 0. The molecule has 0 amide bonds. The number of hydrogen-bond acceptors (Lipinski definition) is 3. The average molecular weight is 241 g/mol. The van der Waals surface area contributed by atoms with Crippen LogP contribution in [-0.4, -0.2) is 27.1 Å². The lowest BCUT2D eigenvalue weighted by atomic mass is 10.2. The van der Waals surface area contributed by atoms with Gasteiger partial charge in [-0.05, 0) is 19.1 Å². The molecular weight excluding hydrogens is 226 g/mol. The Morgan fingerprint density at radius 3 is 2.75 bits per heavy atom. The van der Waals surface area contributed by atoms with Crippen LogP contribution in [0, 0.1) is 0 Å². The van der Waals surface area contributed by atoms with E-state index in [4.69, 9.17) is 5.73 Å². The molecule has 0 radical (unpaired) electrons. The lowest BCUT2D eigenvalue weighted by molar-refractivity contribution is 0.602. The van der Waals surface area contributed by atoms with Crippen LogP contribution in [0.15, 0.2) is 29.3 Å². The maximum atomic E-state index is 11.3. The zero-order chi connectivity index (χ0) is 12.2. The van der Waals surface area contributed by atoms with Gasteiger partial charge in [-0.25, -0.2) is 8.42 Å². The number of rotatable bonds is 4. The zero-order valence-corrected chi connectivity index (χ0v) is 10.1. The third kappa shape index (κ3) is 3.23. The number of benzene rings is 1. The summed E-state index contributed by atoms with van der Waals surface area (Å²) >= 11 is 0. The molecule has 0 unspecified atom stereocenters. The first kappa shape index (κ1) is 12.5. The number of nitrogens with zero attached hydrogens (tertiary/aromatic N) is 1. The van der Waals surface area contributed by atoms with Crippen LogP contribution in [0.3, 0.4) is 0 Å². The minimum absolute atomic E-state index is 0.0363. The highest BCUT2D eigenvalue weighted by Gasteiger charge is 2.07. The molecule has 5 nitrogen and oxygen atoms in total. The van der Waals surface area contributed by atoms with Crippen LogP contribution in [0.2, 0.25) is 0 Å². The van der Waals surface area contributed by atoms with Gasteiger partial charge in [-0.2, -0.15) is 0 Å². The summed E-state index contributed by atoms with van der Waals surface area (Å²) in [5.74, 6) is 0.409. The molecule has 0 bridgehead atoms. The lowest BCUT2D eigenvalue weighted by Gasteiger charge is -2.07. The van der Waals surface area contributed by atoms with Crippen molar-refractivity contribution in [3.05, 3.63) is 29.8 Å². The number of sulfonamides is 1. The van der Waals surface area contributed by atoms with Crippen LogP contribution < -0.4 is 10.5 Å². The molecule has 0 spiro atoms. The molecule has 0 heterocycles. The Bertz CT molecular complexity index is 495. The molecule has 0 atom stereocenters. The quantitative estimate of drug-likeness (QED) is 0.603. The van der Waals surface area contributed by atoms with Gasteiger partial charge < -0.3 is 5.73 Å². The van der Waals surface area contributed by atoms with Gasteiger partial charge in [0.05, 0.1) is 5.75 Å². The number of amidine groups is 1. The van der Waals surface area contributed by atoms with Crippen LogP contribution >= 0.6 is 0 Å². The topological polar surface area (TPSA) is 84.5 Å². The highest BCUT2D eigenvalue weighted by atomic mass is 32.2. The summed E-state index contributed by atoms with van der Waals surface area (Å²) in [4.78, 5) is 3.83. The first-order chi connectivity index (χ1) is 7.48. The fraction of sp³-hybridized carbons (Fsp3) is 0.300. The maximum Gasteiger partial charge on any atom is 0.232 e. The largest absolute Gasteiger partial charge is 0.384 e. The zero-order valence-electron chi connectivity index (χ0n) is 9.27. The van der Waals surface area contributed by atoms with Gasteiger partial charge in [0.2, 0.25) is 10.0 Å². The summed E-state index contributed by atoms with van der Waals surface area (Å²) in [6.45, 7) is 1.58. The minimum atomic E-state index is -3.25. The molecule has 1 rings (SSSR count). The SMILES string of the molecule is CCS(=O)(=O)Nc1cccc(C(N)=NC)c1. The Balaban J connectivity index is 3.00. The van der Waals surface area contributed by atoms with Crippen LogP contribution in [0.5, 0.6) is 0 Å². The van der Waals surface area contributed by atoms with Crippen molar-refractivity contribution in [2.75, 3.05) is 17.5 Å². The molecule has 3 N–H and O–H groups in total. The van der Waals surface area contributed by atoms with Crippen molar-refractivity contribution in [3.63, 3.8) is 0 Å². The Morgan fingerprint density at radius 1 is 1.50 bits per heavy atom. The van der Waals surface area contributed by atoms with Crippen LogP contribution in [0.25, 0.3) is 0 Å². The molecule has 0 saturated heterocycles. The molecule has 88 valence electrons. The second-order valence-corrected chi connectivity index (χ2v) is 5.21. The summed E-state index contributed by atoms with van der Waals surface area (Å²) in [6, 6.07) is 6.81. The Hall–Kier alpha value is -1.56. The molecule has 1 aromatic rings. The van der Waals surface area contributed by atoms with Crippen LogP contribution in [0.1, 0.15) is 12.5 Å². The summed E-state index contributed by atoms with van der Waals surface area (Å²) < 4.78 is 25.1. The van der Waals surface area contributed by atoms with Crippen LogP contribution in [-0.2, 0) is 10.0 Å². The first-order valence-corrected chi connectivity index (χ1v) is 6.47. The molecule has 0 saturated carbocycles. The monoisotopic (exact) mass is 241 g/mol. The van der Waals surface area contributed by atoms with Crippen LogP contribution in [0.4, 0.5) is 5.69 Å². The van der Waals surface area contributed by atoms with E-state index in [-0.39, 0.29) is 5.75 Å². The van der Waals surface area contributed by atoms with Gasteiger partial charge in [0, 0.05) is 18.3 Å². The molecule has 0 aromatic heterocycles. The van der Waals surface area contributed by atoms with Gasteiger partial charge in [-0.3, -0.25) is 9.71 Å². The molecule has 6 heteroatoms.